The molecule has 0 aliphatic carbocycles. The summed E-state index contributed by atoms with van der Waals surface area (Å²) < 4.78 is 0. The van der Waals surface area contributed by atoms with Crippen LogP contribution in [-0.2, 0) is 0 Å². The summed E-state index contributed by atoms with van der Waals surface area (Å²) in [6, 6.07) is 28.1. The number of hydrogen-bond donors (Lipinski definition) is 0. The minimum absolute atomic E-state index is 0.339. The van der Waals surface area contributed by atoms with Crippen LogP contribution in [0.15, 0.2) is 72.8 Å². The summed E-state index contributed by atoms with van der Waals surface area (Å²) in [5.41, 5.74) is 7.85. The number of nitrogens with zero attached hydrogens (tertiary/aromatic N) is 1. The summed E-state index contributed by atoms with van der Waals surface area (Å²) in [4.78, 5) is 2.69. The monoisotopic (exact) mass is 593 g/mol. The maximum absolute atomic E-state index is 2.69. The largest absolute Gasteiger partial charge is 0.309 e. The molecule has 3 aromatic rings. The minimum Gasteiger partial charge on any atom is -0.309 e. The van der Waals surface area contributed by atoms with E-state index in [2.05, 4.69) is 161 Å². The molecule has 218 valence electrons. The molecule has 0 unspecified atom stereocenters. The molecule has 40 heavy (non-hydrogen) atoms. The van der Waals surface area contributed by atoms with Crippen molar-refractivity contribution >= 4 is 56.7 Å². The van der Waals surface area contributed by atoms with Gasteiger partial charge in [-0.1, -0.05) is 161 Å². The Morgan fingerprint density at radius 3 is 0.750 bits per heavy atom. The number of benzene rings is 3. The van der Waals surface area contributed by atoms with E-state index in [0.717, 1.165) is 0 Å². The van der Waals surface area contributed by atoms with Crippen molar-refractivity contribution in [1.29, 1.82) is 0 Å². The second-order valence-electron chi connectivity index (χ2n) is 12.6. The van der Waals surface area contributed by atoms with Crippen LogP contribution in [0.4, 0.5) is 17.1 Å². The van der Waals surface area contributed by atoms with Crippen molar-refractivity contribution in [2.24, 2.45) is 0 Å². The topological polar surface area (TPSA) is 3.24 Å². The summed E-state index contributed by atoms with van der Waals surface area (Å²) in [6.45, 7) is 29.0. The predicted molar refractivity (Wildman–Crippen MR) is 192 cm³/mol. The van der Waals surface area contributed by atoms with E-state index in [1.165, 1.54) is 33.0 Å². The lowest BCUT2D eigenvalue weighted by Gasteiger charge is -2.39. The molecule has 3 rings (SSSR count). The maximum Gasteiger partial charge on any atom is 0.0539 e. The molecule has 0 N–H and O–H groups in total. The Hall–Kier alpha value is -1.25. The molecule has 0 spiro atoms. The van der Waals surface area contributed by atoms with Crippen molar-refractivity contribution in [1.82, 2.24) is 0 Å². The normalized spacial score (nSPS) is 12.5. The second-order valence-corrected chi connectivity index (χ2v) is 22.7. The highest BCUT2D eigenvalue weighted by molar-refractivity contribution is 7.68. The Labute approximate surface area is 250 Å². The molecule has 0 atom stereocenters. The molecule has 0 aliphatic heterocycles. The summed E-state index contributed by atoms with van der Waals surface area (Å²) in [5, 5.41) is 4.59. The Balaban J connectivity index is 2.48. The maximum atomic E-state index is 2.69. The van der Waals surface area contributed by atoms with Crippen LogP contribution in [0.3, 0.4) is 0 Å². The van der Waals surface area contributed by atoms with Gasteiger partial charge in [-0.2, -0.15) is 0 Å². The molecule has 0 saturated heterocycles. The molecule has 0 aromatic heterocycles. The van der Waals surface area contributed by atoms with Gasteiger partial charge in [0.05, 0.1) is 17.1 Å². The zero-order valence-electron chi connectivity index (χ0n) is 27.2. The van der Waals surface area contributed by atoms with Crippen molar-refractivity contribution in [3.05, 3.63) is 72.8 Å². The van der Waals surface area contributed by atoms with Crippen LogP contribution < -0.4 is 20.8 Å². The smallest absolute Gasteiger partial charge is 0.0539 e. The van der Waals surface area contributed by atoms with Crippen LogP contribution >= 0.6 is 23.8 Å². The lowest BCUT2D eigenvalue weighted by molar-refractivity contribution is 1.02. The fourth-order valence-corrected chi connectivity index (χ4v) is 15.5. The molecule has 0 radical (unpaired) electrons. The first-order chi connectivity index (χ1) is 18.9. The van der Waals surface area contributed by atoms with Crippen molar-refractivity contribution < 1.29 is 0 Å². The van der Waals surface area contributed by atoms with Gasteiger partial charge in [0, 0.05) is 15.9 Å². The van der Waals surface area contributed by atoms with Gasteiger partial charge in [-0.15, -0.1) is 0 Å². The summed E-state index contributed by atoms with van der Waals surface area (Å²) in [6.07, 6.45) is 0. The molecule has 4 heteroatoms. The van der Waals surface area contributed by atoms with E-state index >= 15 is 0 Å². The minimum atomic E-state index is -0.339. The molecule has 0 heterocycles. The van der Waals surface area contributed by atoms with Gasteiger partial charge < -0.3 is 4.90 Å². The van der Waals surface area contributed by atoms with E-state index in [9.17, 15) is 0 Å². The first kappa shape index (κ1) is 33.3. The van der Waals surface area contributed by atoms with Gasteiger partial charge in [-0.25, -0.2) is 0 Å². The third-order valence-corrected chi connectivity index (χ3v) is 17.0. The number of para-hydroxylation sites is 3. The van der Waals surface area contributed by atoms with E-state index in [0.29, 0.717) is 34.0 Å². The average molecular weight is 594 g/mol. The second kappa shape index (κ2) is 14.8. The van der Waals surface area contributed by atoms with Gasteiger partial charge in [0.15, 0.2) is 0 Å². The van der Waals surface area contributed by atoms with E-state index in [1.54, 1.807) is 0 Å². The van der Waals surface area contributed by atoms with Crippen LogP contribution in [0, 0.1) is 0 Å². The summed E-state index contributed by atoms with van der Waals surface area (Å²) >= 11 is 0. The number of anilines is 3. The molecule has 0 aliphatic rings. The number of hydrogen-bond acceptors (Lipinski definition) is 1. The van der Waals surface area contributed by atoms with Crippen LogP contribution in [-0.4, -0.2) is 34.0 Å². The first-order valence-electron chi connectivity index (χ1n) is 15.3. The summed E-state index contributed by atoms with van der Waals surface area (Å²) in [7, 11) is -1.02. The highest BCUT2D eigenvalue weighted by Crippen LogP contribution is 2.53. The molecule has 3 aromatic carbocycles. The van der Waals surface area contributed by atoms with Gasteiger partial charge in [-0.05, 0) is 52.2 Å². The zero-order chi connectivity index (χ0) is 29.7. The Bertz CT molecular complexity index is 1040. The lowest BCUT2D eigenvalue weighted by Crippen LogP contribution is -2.30. The van der Waals surface area contributed by atoms with E-state index in [-0.39, 0.29) is 23.8 Å². The molecular formula is C36H54NP3. The SMILES string of the molecule is CC(C)P(c1ccccc1N(c1ccccc1P(C(C)C)C(C)C)c1ccccc1P(C(C)C)C(C)C)C(C)C. The van der Waals surface area contributed by atoms with Gasteiger partial charge in [0.1, 0.15) is 0 Å². The van der Waals surface area contributed by atoms with Gasteiger partial charge in [0.25, 0.3) is 0 Å². The first-order valence-corrected chi connectivity index (χ1v) is 19.7. The predicted octanol–water partition coefficient (Wildman–Crippen LogP) is 10.9. The fourth-order valence-electron chi connectivity index (χ4n) is 6.46. The molecule has 0 amide bonds. The fraction of sp³-hybridized carbons (Fsp3) is 0.500. The highest BCUT2D eigenvalue weighted by atomic mass is 31.1. The van der Waals surface area contributed by atoms with Crippen molar-refractivity contribution in [3.63, 3.8) is 0 Å². The van der Waals surface area contributed by atoms with E-state index < -0.39 is 0 Å². The Morgan fingerprint density at radius 1 is 0.350 bits per heavy atom. The van der Waals surface area contributed by atoms with Crippen LogP contribution in [0.1, 0.15) is 83.1 Å². The van der Waals surface area contributed by atoms with Gasteiger partial charge >= 0.3 is 0 Å². The summed E-state index contributed by atoms with van der Waals surface area (Å²) in [5.74, 6) is 0. The van der Waals surface area contributed by atoms with Crippen molar-refractivity contribution in [2.75, 3.05) is 4.90 Å². The van der Waals surface area contributed by atoms with Gasteiger partial charge in [0.2, 0.25) is 0 Å². The van der Waals surface area contributed by atoms with Crippen molar-refractivity contribution in [2.45, 2.75) is 117 Å². The van der Waals surface area contributed by atoms with E-state index in [4.69, 9.17) is 0 Å². The Morgan fingerprint density at radius 2 is 0.550 bits per heavy atom. The third kappa shape index (κ3) is 7.38. The zero-order valence-corrected chi connectivity index (χ0v) is 29.9. The quantitative estimate of drug-likeness (QED) is 0.189. The molecular weight excluding hydrogens is 539 g/mol. The Kier molecular flexibility index (Phi) is 12.3. The van der Waals surface area contributed by atoms with Crippen LogP contribution in [0.5, 0.6) is 0 Å². The standard InChI is InChI=1S/C36H54NP3/c1-25(2)38(26(3)4)34-22-16-13-19-31(34)37(32-20-14-17-23-35(32)39(27(5)6)28(7)8)33-21-15-18-24-36(33)40(29(9)10)30(11)12/h13-30H,1-12H3. The van der Waals surface area contributed by atoms with Crippen LogP contribution in [0.2, 0.25) is 0 Å². The molecule has 0 saturated carbocycles. The van der Waals surface area contributed by atoms with Crippen LogP contribution in [0.25, 0.3) is 0 Å². The molecule has 0 fully saturated rings. The molecule has 1 nitrogen and oxygen atoms in total. The van der Waals surface area contributed by atoms with E-state index in [1.807, 2.05) is 0 Å². The number of rotatable bonds is 12. The van der Waals surface area contributed by atoms with Crippen molar-refractivity contribution in [3.8, 4) is 0 Å². The average Bonchev–Trinajstić information content (AvgIpc) is 2.86. The van der Waals surface area contributed by atoms with Gasteiger partial charge in [-0.3, -0.25) is 0 Å². The molecule has 0 bridgehead atoms. The third-order valence-electron chi connectivity index (χ3n) is 7.54. The highest BCUT2D eigenvalue weighted by Gasteiger charge is 2.31. The lowest BCUT2D eigenvalue weighted by atomic mass is 10.2.